The maximum atomic E-state index is 14.2. The van der Waals surface area contributed by atoms with Crippen molar-refractivity contribution in [3.8, 4) is 6.07 Å². The Bertz CT molecular complexity index is 953. The van der Waals surface area contributed by atoms with Crippen LogP contribution in [-0.2, 0) is 0 Å². The third-order valence-electron chi connectivity index (χ3n) is 4.13. The number of halogens is 3. The molecule has 1 aliphatic rings. The van der Waals surface area contributed by atoms with Crippen molar-refractivity contribution in [2.75, 3.05) is 0 Å². The molecule has 0 saturated heterocycles. The quantitative estimate of drug-likeness (QED) is 0.718. The van der Waals surface area contributed by atoms with Crippen LogP contribution in [-0.4, -0.2) is 14.6 Å². The Balaban J connectivity index is 1.76. The molecular formula is C16H9ClF2N4. The summed E-state index contributed by atoms with van der Waals surface area (Å²) < 4.78 is 29.9. The summed E-state index contributed by atoms with van der Waals surface area (Å²) in [4.78, 5) is 4.23. The molecule has 0 aliphatic heterocycles. The van der Waals surface area contributed by atoms with Gasteiger partial charge in [-0.15, -0.1) is 0 Å². The van der Waals surface area contributed by atoms with Crippen molar-refractivity contribution in [1.29, 1.82) is 5.26 Å². The Hall–Kier alpha value is -2.52. The van der Waals surface area contributed by atoms with Gasteiger partial charge in [0.15, 0.2) is 5.65 Å². The second kappa shape index (κ2) is 5.00. The van der Waals surface area contributed by atoms with Gasteiger partial charge in [-0.3, -0.25) is 0 Å². The molecule has 0 N–H and O–H groups in total. The second-order valence-electron chi connectivity index (χ2n) is 5.53. The summed E-state index contributed by atoms with van der Waals surface area (Å²) in [7, 11) is 0. The molecule has 2 heterocycles. The summed E-state index contributed by atoms with van der Waals surface area (Å²) >= 11 is 6.00. The standard InChI is InChI=1S/C16H9ClF2N4/c17-14-6-11(16-21-1-2-23(16)22-14)9-5-10(9)15-12(18)3-8(7-20)4-13(15)19/h1-4,6,9-10H,5H2/t9-,10-/m0/s1. The third-order valence-corrected chi connectivity index (χ3v) is 4.31. The normalized spacial score (nSPS) is 19.7. The smallest absolute Gasteiger partial charge is 0.157 e. The fraction of sp³-hybridized carbons (Fsp3) is 0.188. The van der Waals surface area contributed by atoms with Crippen molar-refractivity contribution in [2.45, 2.75) is 18.3 Å². The molecule has 2 aromatic heterocycles. The van der Waals surface area contributed by atoms with E-state index in [1.165, 1.54) is 0 Å². The van der Waals surface area contributed by atoms with E-state index in [2.05, 4.69) is 10.1 Å². The predicted octanol–water partition coefficient (Wildman–Crippen LogP) is 3.80. The molecule has 0 unspecified atom stereocenters. The Morgan fingerprint density at radius 1 is 1.22 bits per heavy atom. The largest absolute Gasteiger partial charge is 0.235 e. The number of imidazole rings is 1. The van der Waals surface area contributed by atoms with Gasteiger partial charge in [-0.2, -0.15) is 10.4 Å². The van der Waals surface area contributed by atoms with Gasteiger partial charge in [-0.05, 0) is 36.5 Å². The van der Waals surface area contributed by atoms with Crippen LogP contribution in [0.15, 0.2) is 30.6 Å². The molecule has 0 radical (unpaired) electrons. The zero-order valence-electron chi connectivity index (χ0n) is 11.7. The molecule has 1 aliphatic carbocycles. The lowest BCUT2D eigenvalue weighted by Gasteiger charge is -2.07. The topological polar surface area (TPSA) is 54.0 Å². The van der Waals surface area contributed by atoms with E-state index in [-0.39, 0.29) is 23.0 Å². The number of aromatic nitrogens is 3. The van der Waals surface area contributed by atoms with Crippen LogP contribution in [0.4, 0.5) is 8.78 Å². The van der Waals surface area contributed by atoms with Crippen LogP contribution in [0.5, 0.6) is 0 Å². The molecule has 114 valence electrons. The summed E-state index contributed by atoms with van der Waals surface area (Å²) in [5.41, 5.74) is 1.45. The number of hydrogen-bond acceptors (Lipinski definition) is 3. The highest BCUT2D eigenvalue weighted by Crippen LogP contribution is 2.56. The zero-order chi connectivity index (χ0) is 16.1. The van der Waals surface area contributed by atoms with Crippen LogP contribution in [0.25, 0.3) is 5.65 Å². The van der Waals surface area contributed by atoms with Crippen LogP contribution in [0, 0.1) is 23.0 Å². The molecule has 4 rings (SSSR count). The number of nitriles is 1. The van der Waals surface area contributed by atoms with E-state index in [1.54, 1.807) is 29.0 Å². The highest BCUT2D eigenvalue weighted by molar-refractivity contribution is 6.29. The first-order valence-corrected chi connectivity index (χ1v) is 7.35. The lowest BCUT2D eigenvalue weighted by Crippen LogP contribution is -1.99. The molecule has 2 atom stereocenters. The number of hydrogen-bond donors (Lipinski definition) is 0. The van der Waals surface area contributed by atoms with Gasteiger partial charge in [0, 0.05) is 23.5 Å². The average molecular weight is 331 g/mol. The van der Waals surface area contributed by atoms with Crippen molar-refractivity contribution in [3.63, 3.8) is 0 Å². The fourth-order valence-electron chi connectivity index (χ4n) is 3.04. The average Bonchev–Trinajstić information content (AvgIpc) is 3.13. The van der Waals surface area contributed by atoms with Crippen LogP contribution in [0.2, 0.25) is 5.15 Å². The minimum absolute atomic E-state index is 0.0200. The number of nitrogens with zero attached hydrogens (tertiary/aromatic N) is 4. The summed E-state index contributed by atoms with van der Waals surface area (Å²) in [6.45, 7) is 0. The lowest BCUT2D eigenvalue weighted by atomic mass is 10.0. The van der Waals surface area contributed by atoms with Crippen LogP contribution >= 0.6 is 11.6 Å². The first kappa shape index (κ1) is 14.1. The van der Waals surface area contributed by atoms with Crippen molar-refractivity contribution < 1.29 is 8.78 Å². The molecule has 0 spiro atoms. The van der Waals surface area contributed by atoms with E-state index >= 15 is 0 Å². The molecule has 23 heavy (non-hydrogen) atoms. The predicted molar refractivity (Wildman–Crippen MR) is 79.2 cm³/mol. The van der Waals surface area contributed by atoms with Gasteiger partial charge in [0.05, 0.1) is 11.6 Å². The van der Waals surface area contributed by atoms with Gasteiger partial charge in [0.25, 0.3) is 0 Å². The van der Waals surface area contributed by atoms with E-state index in [9.17, 15) is 8.78 Å². The van der Waals surface area contributed by atoms with E-state index < -0.39 is 11.6 Å². The highest BCUT2D eigenvalue weighted by Gasteiger charge is 2.44. The van der Waals surface area contributed by atoms with Gasteiger partial charge >= 0.3 is 0 Å². The minimum Gasteiger partial charge on any atom is -0.235 e. The third kappa shape index (κ3) is 2.25. The van der Waals surface area contributed by atoms with E-state index in [4.69, 9.17) is 16.9 Å². The number of rotatable bonds is 2. The first-order chi connectivity index (χ1) is 11.1. The monoisotopic (exact) mass is 330 g/mol. The first-order valence-electron chi connectivity index (χ1n) is 6.97. The van der Waals surface area contributed by atoms with Crippen LogP contribution in [0.3, 0.4) is 0 Å². The van der Waals surface area contributed by atoms with E-state index in [1.807, 2.05) is 0 Å². The molecule has 0 amide bonds. The van der Waals surface area contributed by atoms with Crippen molar-refractivity contribution in [3.05, 3.63) is 64.1 Å². The lowest BCUT2D eigenvalue weighted by molar-refractivity contribution is 0.554. The Labute approximate surface area is 134 Å². The summed E-state index contributed by atoms with van der Waals surface area (Å²) in [5.74, 6) is -1.74. The highest BCUT2D eigenvalue weighted by atomic mass is 35.5. The zero-order valence-corrected chi connectivity index (χ0v) is 12.4. The molecular weight excluding hydrogens is 322 g/mol. The van der Waals surface area contributed by atoms with E-state index in [0.29, 0.717) is 17.2 Å². The van der Waals surface area contributed by atoms with Crippen molar-refractivity contribution >= 4 is 17.2 Å². The SMILES string of the molecule is N#Cc1cc(F)c([C@H]2C[C@@H]2c2cc(Cl)nn3ccnc23)c(F)c1. The molecule has 3 aromatic rings. The van der Waals surface area contributed by atoms with Gasteiger partial charge in [0.2, 0.25) is 0 Å². The molecule has 1 aromatic carbocycles. The maximum absolute atomic E-state index is 14.2. The number of fused-ring (bicyclic) bond motifs is 1. The Kier molecular flexibility index (Phi) is 3.06. The van der Waals surface area contributed by atoms with Gasteiger partial charge in [-0.1, -0.05) is 11.6 Å². The van der Waals surface area contributed by atoms with Crippen molar-refractivity contribution in [1.82, 2.24) is 14.6 Å². The van der Waals surface area contributed by atoms with Crippen LogP contribution < -0.4 is 0 Å². The van der Waals surface area contributed by atoms with Gasteiger partial charge in [-0.25, -0.2) is 18.3 Å². The summed E-state index contributed by atoms with van der Waals surface area (Å²) in [6.07, 6.45) is 3.87. The Morgan fingerprint density at radius 2 is 1.96 bits per heavy atom. The van der Waals surface area contributed by atoms with Crippen LogP contribution in [0.1, 0.15) is 34.9 Å². The summed E-state index contributed by atoms with van der Waals surface area (Å²) in [6, 6.07) is 5.57. The van der Waals surface area contributed by atoms with Gasteiger partial charge < -0.3 is 0 Å². The molecule has 4 nitrogen and oxygen atoms in total. The summed E-state index contributed by atoms with van der Waals surface area (Å²) in [5, 5.41) is 13.2. The van der Waals surface area contributed by atoms with Gasteiger partial charge in [0.1, 0.15) is 16.8 Å². The van der Waals surface area contributed by atoms with E-state index in [0.717, 1.165) is 17.7 Å². The number of benzene rings is 1. The second-order valence-corrected chi connectivity index (χ2v) is 5.92. The fourth-order valence-corrected chi connectivity index (χ4v) is 3.24. The minimum atomic E-state index is -0.687. The Morgan fingerprint density at radius 3 is 2.65 bits per heavy atom. The molecule has 0 bridgehead atoms. The molecule has 1 fully saturated rings. The van der Waals surface area contributed by atoms with Crippen molar-refractivity contribution in [2.24, 2.45) is 0 Å². The molecule has 1 saturated carbocycles. The maximum Gasteiger partial charge on any atom is 0.157 e. The molecule has 7 heteroatoms.